The van der Waals surface area contributed by atoms with Gasteiger partial charge in [-0.2, -0.15) is 0 Å². The number of likely N-dealkylation sites (tertiary alicyclic amines) is 1. The summed E-state index contributed by atoms with van der Waals surface area (Å²) in [7, 11) is 0. The zero-order chi connectivity index (χ0) is 11.4. The molecule has 1 saturated heterocycles. The monoisotopic (exact) mass is 223 g/mol. The molecule has 0 radical (unpaired) electrons. The number of piperidine rings is 1. The molecule has 2 rings (SSSR count). The van der Waals surface area contributed by atoms with Gasteiger partial charge in [0.1, 0.15) is 5.76 Å². The van der Waals surface area contributed by atoms with Crippen molar-refractivity contribution in [1.82, 2.24) is 10.1 Å². The molecule has 0 atom stereocenters. The lowest BCUT2D eigenvalue weighted by molar-refractivity contribution is 0.170. The van der Waals surface area contributed by atoms with Crippen LogP contribution in [0.15, 0.2) is 10.6 Å². The van der Waals surface area contributed by atoms with Crippen LogP contribution in [-0.4, -0.2) is 29.7 Å². The molecule has 0 amide bonds. The van der Waals surface area contributed by atoms with Gasteiger partial charge < -0.3 is 10.3 Å². The van der Waals surface area contributed by atoms with Crippen LogP contribution >= 0.6 is 0 Å². The van der Waals surface area contributed by atoms with Gasteiger partial charge in [0, 0.05) is 12.6 Å². The normalized spacial score (nSPS) is 19.1. The first-order chi connectivity index (χ1) is 7.78. The van der Waals surface area contributed by atoms with E-state index in [1.165, 1.54) is 19.3 Å². The van der Waals surface area contributed by atoms with E-state index in [9.17, 15) is 0 Å². The molecule has 4 nitrogen and oxygen atoms in total. The molecule has 0 unspecified atom stereocenters. The molecule has 90 valence electrons. The summed E-state index contributed by atoms with van der Waals surface area (Å²) in [5.74, 6) is 1.73. The SMILES string of the molecule is Cc1cc(CN2CCC(CCN)CC2)no1. The zero-order valence-corrected chi connectivity index (χ0v) is 9.98. The van der Waals surface area contributed by atoms with E-state index in [4.69, 9.17) is 10.3 Å². The molecule has 2 heterocycles. The van der Waals surface area contributed by atoms with Crippen molar-refractivity contribution in [3.8, 4) is 0 Å². The Kier molecular flexibility index (Phi) is 3.96. The van der Waals surface area contributed by atoms with Crippen molar-refractivity contribution in [3.05, 3.63) is 17.5 Å². The molecule has 1 aromatic rings. The van der Waals surface area contributed by atoms with Crippen molar-refractivity contribution in [3.63, 3.8) is 0 Å². The second-order valence-corrected chi connectivity index (χ2v) is 4.73. The van der Waals surface area contributed by atoms with E-state index in [2.05, 4.69) is 10.1 Å². The molecule has 1 aliphatic rings. The maximum absolute atomic E-state index is 5.58. The van der Waals surface area contributed by atoms with Gasteiger partial charge >= 0.3 is 0 Å². The number of rotatable bonds is 4. The minimum absolute atomic E-state index is 0.827. The molecule has 2 N–H and O–H groups in total. The Morgan fingerprint density at radius 2 is 2.25 bits per heavy atom. The smallest absolute Gasteiger partial charge is 0.133 e. The van der Waals surface area contributed by atoms with Crippen molar-refractivity contribution in [2.45, 2.75) is 32.7 Å². The Morgan fingerprint density at radius 3 is 2.81 bits per heavy atom. The molecule has 1 aliphatic heterocycles. The average Bonchev–Trinajstić information content (AvgIpc) is 2.67. The van der Waals surface area contributed by atoms with Crippen LogP contribution in [0.25, 0.3) is 0 Å². The van der Waals surface area contributed by atoms with E-state index < -0.39 is 0 Å². The van der Waals surface area contributed by atoms with Crippen molar-refractivity contribution in [1.29, 1.82) is 0 Å². The Bertz CT molecular complexity index is 316. The van der Waals surface area contributed by atoms with Crippen molar-refractivity contribution < 1.29 is 4.52 Å². The van der Waals surface area contributed by atoms with Crippen LogP contribution in [-0.2, 0) is 6.54 Å². The van der Waals surface area contributed by atoms with Gasteiger partial charge in [-0.25, -0.2) is 0 Å². The van der Waals surface area contributed by atoms with E-state index in [0.717, 1.165) is 43.6 Å². The van der Waals surface area contributed by atoms with Gasteiger partial charge in [-0.05, 0) is 51.7 Å². The lowest BCUT2D eigenvalue weighted by Gasteiger charge is -2.31. The van der Waals surface area contributed by atoms with Gasteiger partial charge in [-0.3, -0.25) is 4.90 Å². The summed E-state index contributed by atoms with van der Waals surface area (Å²) in [5, 5.41) is 4.03. The Hall–Kier alpha value is -0.870. The van der Waals surface area contributed by atoms with Crippen LogP contribution in [0.4, 0.5) is 0 Å². The Labute approximate surface area is 96.8 Å². The topological polar surface area (TPSA) is 55.3 Å². The maximum atomic E-state index is 5.58. The summed E-state index contributed by atoms with van der Waals surface area (Å²) in [5.41, 5.74) is 6.64. The fraction of sp³-hybridized carbons (Fsp3) is 0.750. The molecule has 0 aromatic carbocycles. The largest absolute Gasteiger partial charge is 0.361 e. The van der Waals surface area contributed by atoms with Gasteiger partial charge in [-0.1, -0.05) is 5.16 Å². The van der Waals surface area contributed by atoms with E-state index in [0.29, 0.717) is 0 Å². The summed E-state index contributed by atoms with van der Waals surface area (Å²) in [6.07, 6.45) is 3.72. The highest BCUT2D eigenvalue weighted by Gasteiger charge is 2.19. The molecule has 1 aromatic heterocycles. The highest BCUT2D eigenvalue weighted by Crippen LogP contribution is 2.21. The van der Waals surface area contributed by atoms with Crippen LogP contribution in [0.2, 0.25) is 0 Å². The predicted octanol–water partition coefficient (Wildman–Crippen LogP) is 1.54. The Morgan fingerprint density at radius 1 is 1.50 bits per heavy atom. The highest BCUT2D eigenvalue weighted by molar-refractivity contribution is 5.03. The van der Waals surface area contributed by atoms with Crippen molar-refractivity contribution in [2.24, 2.45) is 11.7 Å². The fourth-order valence-corrected chi connectivity index (χ4v) is 2.39. The first-order valence-electron chi connectivity index (χ1n) is 6.12. The molecule has 1 fully saturated rings. The summed E-state index contributed by atoms with van der Waals surface area (Å²) >= 11 is 0. The summed E-state index contributed by atoms with van der Waals surface area (Å²) in [6, 6.07) is 2.02. The van der Waals surface area contributed by atoms with E-state index in [1.54, 1.807) is 0 Å². The maximum Gasteiger partial charge on any atom is 0.133 e. The second-order valence-electron chi connectivity index (χ2n) is 4.73. The molecular formula is C12H21N3O. The first-order valence-corrected chi connectivity index (χ1v) is 6.12. The Balaban J connectivity index is 1.77. The summed E-state index contributed by atoms with van der Waals surface area (Å²) in [4.78, 5) is 2.45. The lowest BCUT2D eigenvalue weighted by Crippen LogP contribution is -2.33. The standard InChI is InChI=1S/C12H21N3O/c1-10-8-12(14-16-10)9-15-6-3-11(2-5-13)4-7-15/h8,11H,2-7,9,13H2,1H3. The van der Waals surface area contributed by atoms with E-state index >= 15 is 0 Å². The molecule has 0 bridgehead atoms. The zero-order valence-electron chi connectivity index (χ0n) is 9.98. The number of nitrogens with two attached hydrogens (primary N) is 1. The van der Waals surface area contributed by atoms with Crippen LogP contribution in [0.1, 0.15) is 30.7 Å². The van der Waals surface area contributed by atoms with Gasteiger partial charge in [0.05, 0.1) is 5.69 Å². The number of aryl methyl sites for hydroxylation is 1. The number of nitrogens with zero attached hydrogens (tertiary/aromatic N) is 2. The molecule has 0 aliphatic carbocycles. The molecule has 0 saturated carbocycles. The van der Waals surface area contributed by atoms with Gasteiger partial charge in [-0.15, -0.1) is 0 Å². The molecular weight excluding hydrogens is 202 g/mol. The molecule has 4 heteroatoms. The lowest BCUT2D eigenvalue weighted by atomic mass is 9.93. The van der Waals surface area contributed by atoms with E-state index in [-0.39, 0.29) is 0 Å². The quantitative estimate of drug-likeness (QED) is 0.841. The fourth-order valence-electron chi connectivity index (χ4n) is 2.39. The predicted molar refractivity (Wildman–Crippen MR) is 62.9 cm³/mol. The highest BCUT2D eigenvalue weighted by atomic mass is 16.5. The van der Waals surface area contributed by atoms with Crippen molar-refractivity contribution >= 4 is 0 Å². The second kappa shape index (κ2) is 5.46. The third kappa shape index (κ3) is 3.06. The van der Waals surface area contributed by atoms with Gasteiger partial charge in [0.25, 0.3) is 0 Å². The van der Waals surface area contributed by atoms with E-state index in [1.807, 2.05) is 13.0 Å². The van der Waals surface area contributed by atoms with Crippen LogP contribution in [0.5, 0.6) is 0 Å². The minimum atomic E-state index is 0.827. The molecule has 16 heavy (non-hydrogen) atoms. The summed E-state index contributed by atoms with van der Waals surface area (Å²) < 4.78 is 5.07. The van der Waals surface area contributed by atoms with Crippen LogP contribution in [0, 0.1) is 12.8 Å². The van der Waals surface area contributed by atoms with Crippen LogP contribution in [0.3, 0.4) is 0 Å². The van der Waals surface area contributed by atoms with Crippen molar-refractivity contribution in [2.75, 3.05) is 19.6 Å². The molecule has 0 spiro atoms. The van der Waals surface area contributed by atoms with Gasteiger partial charge in [0.2, 0.25) is 0 Å². The third-order valence-corrected chi connectivity index (χ3v) is 3.34. The van der Waals surface area contributed by atoms with Crippen LogP contribution < -0.4 is 5.73 Å². The minimum Gasteiger partial charge on any atom is -0.361 e. The average molecular weight is 223 g/mol. The number of aromatic nitrogens is 1. The third-order valence-electron chi connectivity index (χ3n) is 3.34. The van der Waals surface area contributed by atoms with Gasteiger partial charge in [0.15, 0.2) is 0 Å². The number of hydrogen-bond donors (Lipinski definition) is 1. The number of hydrogen-bond acceptors (Lipinski definition) is 4. The summed E-state index contributed by atoms with van der Waals surface area (Å²) in [6.45, 7) is 6.01. The first kappa shape index (κ1) is 11.6.